The second-order valence-corrected chi connectivity index (χ2v) is 10.5. The molecule has 3 amide bonds. The summed E-state index contributed by atoms with van der Waals surface area (Å²) >= 11 is 0. The fourth-order valence-corrected chi connectivity index (χ4v) is 5.25. The van der Waals surface area contributed by atoms with Gasteiger partial charge in [0, 0.05) is 44.2 Å². The van der Waals surface area contributed by atoms with E-state index in [0.717, 1.165) is 36.8 Å². The van der Waals surface area contributed by atoms with Crippen LogP contribution < -0.4 is 10.1 Å². The molecule has 11 nitrogen and oxygen atoms in total. The number of carbonyl (C=O) groups is 3. The van der Waals surface area contributed by atoms with Crippen molar-refractivity contribution in [2.45, 2.75) is 44.2 Å². The van der Waals surface area contributed by atoms with E-state index in [0.29, 0.717) is 37.9 Å². The molecule has 1 unspecified atom stereocenters. The second kappa shape index (κ2) is 13.3. The van der Waals surface area contributed by atoms with Gasteiger partial charge in [0.25, 0.3) is 5.91 Å². The van der Waals surface area contributed by atoms with E-state index in [2.05, 4.69) is 15.3 Å². The van der Waals surface area contributed by atoms with Crippen molar-refractivity contribution in [1.29, 1.82) is 0 Å². The zero-order chi connectivity index (χ0) is 29.5. The molecule has 1 atom stereocenters. The SMILES string of the molecule is COC(=O)N1CCN(C(=O)C(Cc2ccc(O)cc2)NC(=O)c2cc(OC3CCCC3)nc(-c3ccccc3)n2)CC1. The lowest BCUT2D eigenvalue weighted by atomic mass is 10.0. The van der Waals surface area contributed by atoms with Crippen LogP contribution in [0, 0.1) is 0 Å². The third-order valence-electron chi connectivity index (χ3n) is 7.56. The van der Waals surface area contributed by atoms with Crippen LogP contribution in [0.25, 0.3) is 11.4 Å². The molecule has 0 spiro atoms. The maximum absolute atomic E-state index is 13.7. The van der Waals surface area contributed by atoms with Gasteiger partial charge >= 0.3 is 6.09 Å². The third kappa shape index (κ3) is 7.15. The highest BCUT2D eigenvalue weighted by Gasteiger charge is 2.31. The maximum atomic E-state index is 13.7. The van der Waals surface area contributed by atoms with E-state index in [4.69, 9.17) is 9.47 Å². The number of amides is 3. The van der Waals surface area contributed by atoms with Crippen LogP contribution >= 0.6 is 0 Å². The Morgan fingerprint density at radius 1 is 0.952 bits per heavy atom. The van der Waals surface area contributed by atoms with Crippen LogP contribution in [0.5, 0.6) is 11.6 Å². The summed E-state index contributed by atoms with van der Waals surface area (Å²) in [5.41, 5.74) is 1.59. The van der Waals surface area contributed by atoms with Crippen LogP contribution in [0.1, 0.15) is 41.7 Å². The molecule has 0 radical (unpaired) electrons. The summed E-state index contributed by atoms with van der Waals surface area (Å²) in [6.45, 7) is 1.26. The largest absolute Gasteiger partial charge is 0.508 e. The van der Waals surface area contributed by atoms with Crippen LogP contribution in [-0.4, -0.2) is 88.2 Å². The Hall–Kier alpha value is -4.67. The smallest absolute Gasteiger partial charge is 0.409 e. The maximum Gasteiger partial charge on any atom is 0.409 e. The predicted octanol–water partition coefficient (Wildman–Crippen LogP) is 3.42. The summed E-state index contributed by atoms with van der Waals surface area (Å²) in [4.78, 5) is 51.7. The molecule has 2 aliphatic rings. The number of piperazine rings is 1. The van der Waals surface area contributed by atoms with Crippen LogP contribution in [0.4, 0.5) is 4.79 Å². The highest BCUT2D eigenvalue weighted by atomic mass is 16.5. The average Bonchev–Trinajstić information content (AvgIpc) is 3.54. The van der Waals surface area contributed by atoms with Gasteiger partial charge in [0.05, 0.1) is 7.11 Å². The number of rotatable bonds is 8. The summed E-state index contributed by atoms with van der Waals surface area (Å²) in [5.74, 6) is -0.0245. The van der Waals surface area contributed by atoms with Gasteiger partial charge in [0.2, 0.25) is 11.8 Å². The Morgan fingerprint density at radius 3 is 2.29 bits per heavy atom. The zero-order valence-electron chi connectivity index (χ0n) is 23.6. The third-order valence-corrected chi connectivity index (χ3v) is 7.56. The van der Waals surface area contributed by atoms with Gasteiger partial charge in [0.1, 0.15) is 23.6 Å². The van der Waals surface area contributed by atoms with E-state index >= 15 is 0 Å². The number of nitrogens with zero attached hydrogens (tertiary/aromatic N) is 4. The predicted molar refractivity (Wildman–Crippen MR) is 154 cm³/mol. The lowest BCUT2D eigenvalue weighted by Gasteiger charge is -2.35. The van der Waals surface area contributed by atoms with Gasteiger partial charge in [-0.1, -0.05) is 42.5 Å². The fourth-order valence-electron chi connectivity index (χ4n) is 5.25. The molecule has 1 saturated heterocycles. The Labute approximate surface area is 244 Å². The molecule has 2 heterocycles. The fraction of sp³-hybridized carbons (Fsp3) is 0.387. The molecule has 11 heteroatoms. The highest BCUT2D eigenvalue weighted by Crippen LogP contribution is 2.25. The topological polar surface area (TPSA) is 134 Å². The van der Waals surface area contributed by atoms with Crippen LogP contribution in [0.2, 0.25) is 0 Å². The molecule has 1 saturated carbocycles. The Balaban J connectivity index is 1.39. The molecule has 42 heavy (non-hydrogen) atoms. The molecule has 2 aromatic carbocycles. The quantitative estimate of drug-likeness (QED) is 0.419. The lowest BCUT2D eigenvalue weighted by molar-refractivity contribution is -0.134. The zero-order valence-corrected chi connectivity index (χ0v) is 23.6. The first-order valence-electron chi connectivity index (χ1n) is 14.2. The molecule has 2 fully saturated rings. The van der Waals surface area contributed by atoms with Gasteiger partial charge in [-0.3, -0.25) is 9.59 Å². The van der Waals surface area contributed by atoms with Crippen LogP contribution in [-0.2, 0) is 16.0 Å². The first-order chi connectivity index (χ1) is 20.4. The molecular weight excluding hydrogens is 538 g/mol. The van der Waals surface area contributed by atoms with Gasteiger partial charge < -0.3 is 29.7 Å². The van der Waals surface area contributed by atoms with Crippen LogP contribution in [0.15, 0.2) is 60.7 Å². The standard InChI is InChI=1S/C31H35N5O6/c1-41-31(40)36-17-15-35(16-18-36)30(39)26(19-21-11-13-23(37)14-12-21)33-29(38)25-20-27(42-24-9-5-6-10-24)34-28(32-25)22-7-3-2-4-8-22/h2-4,7-8,11-14,20,24,26,37H,5-6,9-10,15-19H2,1H3,(H,33,38). The van der Waals surface area contributed by atoms with E-state index in [9.17, 15) is 19.5 Å². The van der Waals surface area contributed by atoms with Gasteiger partial charge in [-0.05, 0) is 43.4 Å². The first-order valence-corrected chi connectivity index (χ1v) is 14.2. The molecule has 1 aliphatic carbocycles. The van der Waals surface area contributed by atoms with Crippen molar-refractivity contribution >= 4 is 17.9 Å². The highest BCUT2D eigenvalue weighted by molar-refractivity contribution is 5.96. The van der Waals surface area contributed by atoms with Crippen molar-refractivity contribution in [3.63, 3.8) is 0 Å². The minimum atomic E-state index is -0.916. The molecule has 220 valence electrons. The van der Waals surface area contributed by atoms with Gasteiger partial charge in [-0.2, -0.15) is 4.98 Å². The number of carbonyl (C=O) groups excluding carboxylic acids is 3. The van der Waals surface area contributed by atoms with Crippen molar-refractivity contribution in [1.82, 2.24) is 25.1 Å². The number of methoxy groups -OCH3 is 1. The normalized spacial score (nSPS) is 16.1. The van der Waals surface area contributed by atoms with Crippen molar-refractivity contribution < 1.29 is 29.0 Å². The monoisotopic (exact) mass is 573 g/mol. The van der Waals surface area contributed by atoms with Crippen molar-refractivity contribution in [3.05, 3.63) is 71.9 Å². The van der Waals surface area contributed by atoms with E-state index in [1.54, 1.807) is 17.0 Å². The molecule has 1 aromatic heterocycles. The summed E-state index contributed by atoms with van der Waals surface area (Å²) < 4.78 is 10.9. The number of hydrogen-bond acceptors (Lipinski definition) is 8. The summed E-state index contributed by atoms with van der Waals surface area (Å²) in [5, 5.41) is 12.6. The van der Waals surface area contributed by atoms with Crippen molar-refractivity contribution in [2.24, 2.45) is 0 Å². The van der Waals surface area contributed by atoms with Crippen molar-refractivity contribution in [3.8, 4) is 23.0 Å². The number of phenols is 1. The second-order valence-electron chi connectivity index (χ2n) is 10.5. The molecule has 1 aliphatic heterocycles. The summed E-state index contributed by atoms with van der Waals surface area (Å²) in [7, 11) is 1.32. The summed E-state index contributed by atoms with van der Waals surface area (Å²) in [6.07, 6.45) is 3.82. The van der Waals surface area contributed by atoms with E-state index in [-0.39, 0.29) is 29.9 Å². The van der Waals surface area contributed by atoms with Crippen molar-refractivity contribution in [2.75, 3.05) is 33.3 Å². The van der Waals surface area contributed by atoms with Gasteiger partial charge in [-0.25, -0.2) is 9.78 Å². The Morgan fingerprint density at radius 2 is 1.62 bits per heavy atom. The van der Waals surface area contributed by atoms with E-state index < -0.39 is 18.0 Å². The van der Waals surface area contributed by atoms with Crippen LogP contribution in [0.3, 0.4) is 0 Å². The molecule has 2 N–H and O–H groups in total. The minimum absolute atomic E-state index is 0.0342. The number of hydrogen-bond donors (Lipinski definition) is 2. The first kappa shape index (κ1) is 28.8. The van der Waals surface area contributed by atoms with E-state index in [1.807, 2.05) is 30.3 Å². The number of aromatic hydroxyl groups is 1. The molecule has 3 aromatic rings. The number of benzene rings is 2. The number of aromatic nitrogens is 2. The lowest BCUT2D eigenvalue weighted by Crippen LogP contribution is -2.56. The van der Waals surface area contributed by atoms with Gasteiger partial charge in [0.15, 0.2) is 5.82 Å². The van der Waals surface area contributed by atoms with Gasteiger partial charge in [-0.15, -0.1) is 0 Å². The average molecular weight is 574 g/mol. The Bertz CT molecular complexity index is 1390. The number of nitrogens with one attached hydrogen (secondary N) is 1. The number of phenolic OH excluding ortho intramolecular Hbond substituents is 1. The number of ether oxygens (including phenoxy) is 2. The summed E-state index contributed by atoms with van der Waals surface area (Å²) in [6, 6.07) is 16.5. The minimum Gasteiger partial charge on any atom is -0.508 e. The Kier molecular flexibility index (Phi) is 9.15. The molecular formula is C31H35N5O6. The molecule has 0 bridgehead atoms. The molecule has 5 rings (SSSR count). The van der Waals surface area contributed by atoms with E-state index in [1.165, 1.54) is 30.2 Å².